The molecule has 1 heterocycles. The van der Waals surface area contributed by atoms with Gasteiger partial charge in [-0.15, -0.1) is 11.3 Å². The number of benzene rings is 2. The first-order valence-corrected chi connectivity index (χ1v) is 10.9. The maximum absolute atomic E-state index is 5.89. The fourth-order valence-electron chi connectivity index (χ4n) is 2.87. The molecule has 3 rings (SSSR count). The zero-order chi connectivity index (χ0) is 18.9. The Morgan fingerprint density at radius 2 is 1.48 bits per heavy atom. The molecule has 0 spiro atoms. The van der Waals surface area contributed by atoms with E-state index in [9.17, 15) is 0 Å². The van der Waals surface area contributed by atoms with Crippen LogP contribution in [0.4, 0.5) is 0 Å². The van der Waals surface area contributed by atoms with Crippen molar-refractivity contribution in [3.63, 3.8) is 0 Å². The van der Waals surface area contributed by atoms with Gasteiger partial charge in [0.2, 0.25) is 0 Å². The number of thiazole rings is 1. The Balaban J connectivity index is 1.63. The predicted molar refractivity (Wildman–Crippen MR) is 115 cm³/mol. The van der Waals surface area contributed by atoms with Crippen LogP contribution in [-0.2, 0) is 0 Å². The summed E-state index contributed by atoms with van der Waals surface area (Å²) < 4.78 is 12.8. The van der Waals surface area contributed by atoms with Crippen LogP contribution in [0.25, 0.3) is 20.8 Å². The Labute approximate surface area is 166 Å². The maximum atomic E-state index is 5.89. The number of aromatic nitrogens is 1. The van der Waals surface area contributed by atoms with Gasteiger partial charge in [0.05, 0.1) is 23.4 Å². The number of fused-ring (bicyclic) bond motifs is 1. The molecule has 0 fully saturated rings. The summed E-state index contributed by atoms with van der Waals surface area (Å²) in [4.78, 5) is 4.80. The zero-order valence-corrected chi connectivity index (χ0v) is 17.2. The highest BCUT2D eigenvalue weighted by Gasteiger charge is 2.08. The van der Waals surface area contributed by atoms with E-state index >= 15 is 0 Å². The second-order valence-electron chi connectivity index (χ2n) is 6.78. The molecule has 0 aliphatic rings. The van der Waals surface area contributed by atoms with Gasteiger partial charge in [-0.3, -0.25) is 0 Å². The van der Waals surface area contributed by atoms with Gasteiger partial charge in [0.15, 0.2) is 0 Å². The number of hydrogen-bond acceptors (Lipinski definition) is 4. The normalized spacial score (nSPS) is 11.0. The van der Waals surface area contributed by atoms with Crippen molar-refractivity contribution in [3.05, 3.63) is 42.5 Å². The second kappa shape index (κ2) is 10.3. The first-order valence-electron chi connectivity index (χ1n) is 10.1. The van der Waals surface area contributed by atoms with Crippen LogP contribution in [0.5, 0.6) is 11.5 Å². The van der Waals surface area contributed by atoms with Crippen molar-refractivity contribution in [2.24, 2.45) is 0 Å². The molecule has 144 valence electrons. The minimum atomic E-state index is 0.776. The van der Waals surface area contributed by atoms with Crippen LogP contribution in [0.3, 0.4) is 0 Å². The number of rotatable bonds is 11. The predicted octanol–water partition coefficient (Wildman–Crippen LogP) is 7.10. The van der Waals surface area contributed by atoms with Crippen LogP contribution in [0.2, 0.25) is 0 Å². The Morgan fingerprint density at radius 1 is 0.778 bits per heavy atom. The molecule has 0 saturated carbocycles. The zero-order valence-electron chi connectivity index (χ0n) is 16.4. The fraction of sp³-hybridized carbons (Fsp3) is 0.435. The van der Waals surface area contributed by atoms with Crippen molar-refractivity contribution in [3.8, 4) is 22.1 Å². The number of ether oxygens (including phenoxy) is 2. The molecule has 2 aromatic carbocycles. The molecule has 3 nitrogen and oxygen atoms in total. The van der Waals surface area contributed by atoms with Gasteiger partial charge in [0, 0.05) is 11.6 Å². The molecule has 0 radical (unpaired) electrons. The molecular weight excluding hydrogens is 354 g/mol. The Morgan fingerprint density at radius 3 is 2.26 bits per heavy atom. The molecule has 0 amide bonds. The summed E-state index contributed by atoms with van der Waals surface area (Å²) in [6, 6.07) is 14.4. The molecule has 27 heavy (non-hydrogen) atoms. The SMILES string of the molecule is CCCCCCOc1ccc2sc(-c3ccc(OCCCC)cc3)nc2c1. The number of nitrogens with zero attached hydrogens (tertiary/aromatic N) is 1. The van der Waals surface area contributed by atoms with E-state index in [2.05, 4.69) is 44.2 Å². The molecule has 0 aliphatic carbocycles. The second-order valence-corrected chi connectivity index (χ2v) is 7.81. The lowest BCUT2D eigenvalue weighted by molar-refractivity contribution is 0.305. The molecule has 4 heteroatoms. The van der Waals surface area contributed by atoms with Crippen LogP contribution in [0.1, 0.15) is 52.4 Å². The van der Waals surface area contributed by atoms with Gasteiger partial charge in [-0.05, 0) is 49.2 Å². The highest BCUT2D eigenvalue weighted by molar-refractivity contribution is 7.21. The van der Waals surface area contributed by atoms with Crippen molar-refractivity contribution < 1.29 is 9.47 Å². The van der Waals surface area contributed by atoms with E-state index in [1.54, 1.807) is 11.3 Å². The fourth-order valence-corrected chi connectivity index (χ4v) is 3.82. The lowest BCUT2D eigenvalue weighted by Gasteiger charge is -2.05. The first kappa shape index (κ1) is 19.7. The van der Waals surface area contributed by atoms with E-state index in [-0.39, 0.29) is 0 Å². The van der Waals surface area contributed by atoms with Crippen LogP contribution in [0.15, 0.2) is 42.5 Å². The molecule has 1 aromatic heterocycles. The molecular formula is C23H29NO2S. The Bertz CT molecular complexity index is 826. The van der Waals surface area contributed by atoms with Crippen molar-refractivity contribution >= 4 is 21.6 Å². The largest absolute Gasteiger partial charge is 0.494 e. The van der Waals surface area contributed by atoms with Crippen LogP contribution in [-0.4, -0.2) is 18.2 Å². The van der Waals surface area contributed by atoms with E-state index in [1.807, 2.05) is 12.1 Å². The molecule has 3 aromatic rings. The van der Waals surface area contributed by atoms with Gasteiger partial charge in [0.25, 0.3) is 0 Å². The van der Waals surface area contributed by atoms with Crippen molar-refractivity contribution in [2.75, 3.05) is 13.2 Å². The summed E-state index contributed by atoms with van der Waals surface area (Å²) >= 11 is 1.71. The van der Waals surface area contributed by atoms with Crippen molar-refractivity contribution in [2.45, 2.75) is 52.4 Å². The minimum Gasteiger partial charge on any atom is -0.494 e. The Kier molecular flexibility index (Phi) is 7.52. The summed E-state index contributed by atoms with van der Waals surface area (Å²) in [6.45, 7) is 5.95. The third-order valence-electron chi connectivity index (χ3n) is 4.49. The number of unbranched alkanes of at least 4 members (excludes halogenated alkanes) is 4. The minimum absolute atomic E-state index is 0.776. The molecule has 0 atom stereocenters. The van der Waals surface area contributed by atoms with Gasteiger partial charge < -0.3 is 9.47 Å². The van der Waals surface area contributed by atoms with Crippen LogP contribution >= 0.6 is 11.3 Å². The van der Waals surface area contributed by atoms with E-state index in [0.717, 1.165) is 60.1 Å². The Hall–Kier alpha value is -2.07. The average molecular weight is 384 g/mol. The first-order chi connectivity index (χ1) is 13.3. The maximum Gasteiger partial charge on any atom is 0.124 e. The van der Waals surface area contributed by atoms with Gasteiger partial charge in [-0.1, -0.05) is 39.5 Å². The summed E-state index contributed by atoms with van der Waals surface area (Å²) in [5, 5.41) is 1.03. The average Bonchev–Trinajstić information content (AvgIpc) is 3.12. The smallest absolute Gasteiger partial charge is 0.124 e. The molecule has 0 unspecified atom stereocenters. The van der Waals surface area contributed by atoms with E-state index in [0.29, 0.717) is 0 Å². The van der Waals surface area contributed by atoms with Crippen LogP contribution < -0.4 is 9.47 Å². The highest BCUT2D eigenvalue weighted by Crippen LogP contribution is 2.33. The summed E-state index contributed by atoms with van der Waals surface area (Å²) in [7, 11) is 0. The molecule has 0 aliphatic heterocycles. The van der Waals surface area contributed by atoms with E-state index < -0.39 is 0 Å². The van der Waals surface area contributed by atoms with Gasteiger partial charge in [-0.2, -0.15) is 0 Å². The third kappa shape index (κ3) is 5.70. The lowest BCUT2D eigenvalue weighted by Crippen LogP contribution is -1.96. The number of hydrogen-bond donors (Lipinski definition) is 0. The third-order valence-corrected chi connectivity index (χ3v) is 5.58. The van der Waals surface area contributed by atoms with Gasteiger partial charge in [0.1, 0.15) is 16.5 Å². The topological polar surface area (TPSA) is 31.4 Å². The van der Waals surface area contributed by atoms with Gasteiger partial charge in [-0.25, -0.2) is 4.98 Å². The monoisotopic (exact) mass is 383 g/mol. The van der Waals surface area contributed by atoms with E-state index in [4.69, 9.17) is 14.5 Å². The molecule has 0 saturated heterocycles. The van der Waals surface area contributed by atoms with Crippen molar-refractivity contribution in [1.29, 1.82) is 0 Å². The molecule has 0 N–H and O–H groups in total. The highest BCUT2D eigenvalue weighted by atomic mass is 32.1. The lowest BCUT2D eigenvalue weighted by atomic mass is 10.2. The summed E-state index contributed by atoms with van der Waals surface area (Å²) in [5.74, 6) is 1.84. The quantitative estimate of drug-likeness (QED) is 0.331. The van der Waals surface area contributed by atoms with Crippen molar-refractivity contribution in [1.82, 2.24) is 4.98 Å². The summed E-state index contributed by atoms with van der Waals surface area (Å²) in [6.07, 6.45) is 7.11. The summed E-state index contributed by atoms with van der Waals surface area (Å²) in [5.41, 5.74) is 2.13. The molecule has 0 bridgehead atoms. The standard InChI is InChI=1S/C23H29NO2S/c1-3-5-7-8-16-26-20-13-14-22-21(17-20)24-23(27-22)18-9-11-19(12-10-18)25-15-6-4-2/h9-14,17H,3-8,15-16H2,1-2H3. The van der Waals surface area contributed by atoms with Gasteiger partial charge >= 0.3 is 0 Å². The van der Waals surface area contributed by atoms with E-state index in [1.165, 1.54) is 24.0 Å². The van der Waals surface area contributed by atoms with Crippen LogP contribution in [0, 0.1) is 0 Å².